The summed E-state index contributed by atoms with van der Waals surface area (Å²) >= 11 is 0. The molecule has 0 spiro atoms. The van der Waals surface area contributed by atoms with Gasteiger partial charge >= 0.3 is 5.97 Å². The van der Waals surface area contributed by atoms with Crippen molar-refractivity contribution in [1.82, 2.24) is 16.0 Å². The smallest absolute Gasteiger partial charge is 0.326 e. The van der Waals surface area contributed by atoms with Gasteiger partial charge in [0.15, 0.2) is 0 Å². The van der Waals surface area contributed by atoms with Gasteiger partial charge in [-0.2, -0.15) is 0 Å². The molecule has 210 valence electrons. The van der Waals surface area contributed by atoms with Crippen LogP contribution in [0.2, 0.25) is 0 Å². The number of nitrogens with two attached hydrogens (primary N) is 2. The van der Waals surface area contributed by atoms with Gasteiger partial charge in [0.05, 0.1) is 6.04 Å². The first kappa shape index (κ1) is 31.0. The second-order valence-corrected chi connectivity index (χ2v) is 9.68. The minimum Gasteiger partial charge on any atom is -0.480 e. The predicted molar refractivity (Wildman–Crippen MR) is 145 cm³/mol. The number of aliphatic carboxylic acids is 1. The first-order valence-electron chi connectivity index (χ1n) is 12.7. The lowest BCUT2D eigenvalue weighted by Gasteiger charge is -2.27. The van der Waals surface area contributed by atoms with Gasteiger partial charge in [0.25, 0.3) is 0 Å². The summed E-state index contributed by atoms with van der Waals surface area (Å²) in [7, 11) is 0. The van der Waals surface area contributed by atoms with Crippen LogP contribution in [0.5, 0.6) is 0 Å². The quantitative estimate of drug-likeness (QED) is 0.187. The maximum atomic E-state index is 13.3. The Morgan fingerprint density at radius 3 is 1.74 bits per heavy atom. The van der Waals surface area contributed by atoms with Crippen LogP contribution in [0.3, 0.4) is 0 Å². The lowest BCUT2D eigenvalue weighted by atomic mass is 9.99. The van der Waals surface area contributed by atoms with Gasteiger partial charge in [-0.05, 0) is 29.9 Å². The van der Waals surface area contributed by atoms with Crippen molar-refractivity contribution in [2.45, 2.75) is 63.7 Å². The highest BCUT2D eigenvalue weighted by atomic mass is 16.4. The van der Waals surface area contributed by atoms with Gasteiger partial charge in [-0.1, -0.05) is 74.5 Å². The van der Waals surface area contributed by atoms with Gasteiger partial charge in [-0.3, -0.25) is 19.2 Å². The zero-order valence-electron chi connectivity index (χ0n) is 22.1. The Balaban J connectivity index is 2.17. The molecule has 11 heteroatoms. The minimum atomic E-state index is -1.38. The molecule has 0 saturated carbocycles. The fourth-order valence-electron chi connectivity index (χ4n) is 3.89. The number of carboxylic acid groups (broad SMARTS) is 1. The molecule has 0 heterocycles. The molecule has 0 aliphatic heterocycles. The van der Waals surface area contributed by atoms with Crippen LogP contribution < -0.4 is 27.4 Å². The van der Waals surface area contributed by atoms with E-state index in [1.54, 1.807) is 44.2 Å². The highest BCUT2D eigenvalue weighted by Crippen LogP contribution is 2.09. The van der Waals surface area contributed by atoms with Gasteiger partial charge in [0.2, 0.25) is 23.6 Å². The largest absolute Gasteiger partial charge is 0.480 e. The monoisotopic (exact) mass is 539 g/mol. The van der Waals surface area contributed by atoms with E-state index in [1.807, 2.05) is 30.3 Å². The molecule has 2 rings (SSSR count). The van der Waals surface area contributed by atoms with E-state index < -0.39 is 53.8 Å². The molecule has 4 atom stereocenters. The number of hydrogen-bond donors (Lipinski definition) is 6. The number of primary amides is 1. The van der Waals surface area contributed by atoms with Crippen LogP contribution >= 0.6 is 0 Å². The summed E-state index contributed by atoms with van der Waals surface area (Å²) in [5, 5.41) is 17.2. The van der Waals surface area contributed by atoms with E-state index in [1.165, 1.54) is 0 Å². The zero-order chi connectivity index (χ0) is 28.9. The van der Waals surface area contributed by atoms with Crippen LogP contribution in [0.4, 0.5) is 0 Å². The first-order valence-corrected chi connectivity index (χ1v) is 12.7. The third-order valence-corrected chi connectivity index (χ3v) is 6.09. The van der Waals surface area contributed by atoms with E-state index in [2.05, 4.69) is 16.0 Å². The SMILES string of the molecule is CC(C)C(NC(=O)C(N)Cc1ccccc1)C(=O)NC(Cc1ccccc1)C(=O)NC(CCC(N)=O)C(=O)O. The van der Waals surface area contributed by atoms with E-state index in [9.17, 15) is 29.1 Å². The maximum Gasteiger partial charge on any atom is 0.326 e. The second-order valence-electron chi connectivity index (χ2n) is 9.68. The van der Waals surface area contributed by atoms with E-state index >= 15 is 0 Å². The van der Waals surface area contributed by atoms with Crippen molar-refractivity contribution >= 4 is 29.6 Å². The van der Waals surface area contributed by atoms with E-state index in [0.717, 1.165) is 11.1 Å². The number of rotatable bonds is 15. The minimum absolute atomic E-state index is 0.0624. The van der Waals surface area contributed by atoms with Crippen LogP contribution in [0.15, 0.2) is 60.7 Å². The average molecular weight is 540 g/mol. The van der Waals surface area contributed by atoms with Crippen LogP contribution in [0.25, 0.3) is 0 Å². The van der Waals surface area contributed by atoms with Gasteiger partial charge < -0.3 is 32.5 Å². The number of hydrogen-bond acceptors (Lipinski definition) is 6. The number of carboxylic acids is 1. The molecule has 0 bridgehead atoms. The first-order chi connectivity index (χ1) is 18.5. The fraction of sp³-hybridized carbons (Fsp3) is 0.393. The molecule has 11 nitrogen and oxygen atoms in total. The Bertz CT molecular complexity index is 1130. The fourth-order valence-corrected chi connectivity index (χ4v) is 3.89. The molecule has 4 amide bonds. The van der Waals surface area contributed by atoms with Crippen molar-refractivity contribution in [1.29, 1.82) is 0 Å². The highest BCUT2D eigenvalue weighted by Gasteiger charge is 2.32. The average Bonchev–Trinajstić information content (AvgIpc) is 2.89. The molecular formula is C28H37N5O6. The third-order valence-electron chi connectivity index (χ3n) is 6.09. The normalized spacial score (nSPS) is 13.9. The van der Waals surface area contributed by atoms with Crippen molar-refractivity contribution in [3.05, 3.63) is 71.8 Å². The van der Waals surface area contributed by atoms with Crippen LogP contribution in [0, 0.1) is 5.92 Å². The number of carbonyl (C=O) groups is 5. The summed E-state index contributed by atoms with van der Waals surface area (Å²) in [5.74, 6) is -4.28. The van der Waals surface area contributed by atoms with Crippen molar-refractivity contribution in [3.63, 3.8) is 0 Å². The summed E-state index contributed by atoms with van der Waals surface area (Å²) in [6.45, 7) is 3.48. The van der Waals surface area contributed by atoms with Crippen molar-refractivity contribution < 1.29 is 29.1 Å². The third kappa shape index (κ3) is 10.6. The molecule has 4 unspecified atom stereocenters. The van der Waals surface area contributed by atoms with Crippen LogP contribution in [0.1, 0.15) is 37.8 Å². The molecule has 39 heavy (non-hydrogen) atoms. The standard InChI is InChI=1S/C28H37N5O6/c1-17(2)24(33-25(35)20(29)15-18-9-5-3-6-10-18)27(37)32-22(16-19-11-7-4-8-12-19)26(36)31-21(28(38)39)13-14-23(30)34/h3-12,17,20-22,24H,13-16,29H2,1-2H3,(H2,30,34)(H,31,36)(H,32,37)(H,33,35)(H,38,39). The molecule has 0 fully saturated rings. The molecule has 0 saturated heterocycles. The number of benzene rings is 2. The Labute approximate surface area is 227 Å². The maximum absolute atomic E-state index is 13.3. The van der Waals surface area contributed by atoms with E-state index in [4.69, 9.17) is 11.5 Å². The van der Waals surface area contributed by atoms with Crippen LogP contribution in [-0.4, -0.2) is 58.9 Å². The Kier molecular flexibility index (Phi) is 12.1. The van der Waals surface area contributed by atoms with Gasteiger partial charge in [-0.15, -0.1) is 0 Å². The van der Waals surface area contributed by atoms with E-state index in [-0.39, 0.29) is 31.6 Å². The Hall–Kier alpha value is -4.25. The highest BCUT2D eigenvalue weighted by molar-refractivity contribution is 5.94. The molecule has 0 radical (unpaired) electrons. The topological polar surface area (TPSA) is 194 Å². The summed E-state index contributed by atoms with van der Waals surface area (Å²) in [6, 6.07) is 13.6. The summed E-state index contributed by atoms with van der Waals surface area (Å²) in [4.78, 5) is 62.1. The lowest BCUT2D eigenvalue weighted by Crippen LogP contribution is -2.59. The molecule has 0 aromatic heterocycles. The summed E-state index contributed by atoms with van der Waals surface area (Å²) in [6.07, 6.45) is -0.100. The van der Waals surface area contributed by atoms with Gasteiger partial charge in [0, 0.05) is 12.8 Å². The van der Waals surface area contributed by atoms with E-state index in [0.29, 0.717) is 0 Å². The Morgan fingerprint density at radius 2 is 1.26 bits per heavy atom. The number of carbonyl (C=O) groups excluding carboxylic acids is 4. The molecule has 0 aliphatic carbocycles. The summed E-state index contributed by atoms with van der Waals surface area (Å²) in [5.41, 5.74) is 12.8. The van der Waals surface area contributed by atoms with Gasteiger partial charge in [-0.25, -0.2) is 4.79 Å². The zero-order valence-corrected chi connectivity index (χ0v) is 22.1. The van der Waals surface area contributed by atoms with Crippen molar-refractivity contribution in [3.8, 4) is 0 Å². The predicted octanol–water partition coefficient (Wildman–Crippen LogP) is 0.260. The number of nitrogens with one attached hydrogen (secondary N) is 3. The lowest BCUT2D eigenvalue weighted by molar-refractivity contribution is -0.142. The van der Waals surface area contributed by atoms with Crippen molar-refractivity contribution in [2.24, 2.45) is 17.4 Å². The van der Waals surface area contributed by atoms with Crippen LogP contribution in [-0.2, 0) is 36.8 Å². The molecule has 0 aliphatic rings. The Morgan fingerprint density at radius 1 is 0.744 bits per heavy atom. The molecule has 2 aromatic rings. The van der Waals surface area contributed by atoms with Gasteiger partial charge in [0.1, 0.15) is 18.1 Å². The number of amides is 4. The summed E-state index contributed by atoms with van der Waals surface area (Å²) < 4.78 is 0. The molecule has 2 aromatic carbocycles. The second kappa shape index (κ2) is 15.2. The molecular weight excluding hydrogens is 502 g/mol. The van der Waals surface area contributed by atoms with Crippen molar-refractivity contribution in [2.75, 3.05) is 0 Å². The molecule has 8 N–H and O–H groups in total.